The van der Waals surface area contributed by atoms with Crippen molar-refractivity contribution in [3.8, 4) is 0 Å². The number of nitrogens with zero attached hydrogens (tertiary/aromatic N) is 1. The average molecular weight is 375 g/mol. The molecule has 1 aliphatic rings. The number of alkyl carbamates (subject to hydrolysis) is 1. The van der Waals surface area contributed by atoms with Crippen LogP contribution in [0.2, 0.25) is 0 Å². The van der Waals surface area contributed by atoms with E-state index in [0.717, 1.165) is 18.5 Å². The highest BCUT2D eigenvalue weighted by atomic mass is 16.6. The highest BCUT2D eigenvalue weighted by Crippen LogP contribution is 2.17. The Morgan fingerprint density at radius 2 is 2.04 bits per heavy atom. The standard InChI is InChI=1S/C20H29N3O4/c1-20(2,3)27-19(26)21-11-5-9-17(24)22-16-8-4-7-15(13-16)14-23-12-6-10-18(23)25/h4,7-8,13H,5-6,9-12,14H2,1-3H3,(H,21,26)(H,22,24). The van der Waals surface area contributed by atoms with E-state index in [0.29, 0.717) is 38.0 Å². The van der Waals surface area contributed by atoms with Crippen molar-refractivity contribution in [2.45, 2.75) is 58.6 Å². The Morgan fingerprint density at radius 1 is 1.26 bits per heavy atom. The fraction of sp³-hybridized carbons (Fsp3) is 0.550. The molecule has 1 aromatic carbocycles. The van der Waals surface area contributed by atoms with Crippen molar-refractivity contribution in [1.29, 1.82) is 0 Å². The number of hydrogen-bond donors (Lipinski definition) is 2. The number of rotatable bonds is 7. The molecule has 0 spiro atoms. The molecular formula is C20H29N3O4. The van der Waals surface area contributed by atoms with E-state index in [9.17, 15) is 14.4 Å². The zero-order chi connectivity index (χ0) is 19.9. The average Bonchev–Trinajstić information content (AvgIpc) is 2.95. The summed E-state index contributed by atoms with van der Waals surface area (Å²) in [6.07, 6.45) is 1.87. The summed E-state index contributed by atoms with van der Waals surface area (Å²) in [6, 6.07) is 7.54. The third-order valence-corrected chi connectivity index (χ3v) is 4.00. The van der Waals surface area contributed by atoms with Crippen LogP contribution < -0.4 is 10.6 Å². The molecule has 0 radical (unpaired) electrons. The van der Waals surface area contributed by atoms with E-state index in [2.05, 4.69) is 10.6 Å². The maximum absolute atomic E-state index is 12.1. The third kappa shape index (κ3) is 7.68. The Balaban J connectivity index is 1.71. The third-order valence-electron chi connectivity index (χ3n) is 4.00. The van der Waals surface area contributed by atoms with Gasteiger partial charge in [0.05, 0.1) is 0 Å². The van der Waals surface area contributed by atoms with Crippen LogP contribution in [0.3, 0.4) is 0 Å². The number of nitrogens with one attached hydrogen (secondary N) is 2. The largest absolute Gasteiger partial charge is 0.444 e. The summed E-state index contributed by atoms with van der Waals surface area (Å²) >= 11 is 0. The summed E-state index contributed by atoms with van der Waals surface area (Å²) in [6.45, 7) is 7.14. The van der Waals surface area contributed by atoms with Gasteiger partial charge in [-0.3, -0.25) is 9.59 Å². The quantitative estimate of drug-likeness (QED) is 0.717. The van der Waals surface area contributed by atoms with Crippen LogP contribution in [0.1, 0.15) is 52.0 Å². The molecule has 1 fully saturated rings. The normalized spacial score (nSPS) is 14.2. The van der Waals surface area contributed by atoms with Crippen LogP contribution in [0.5, 0.6) is 0 Å². The number of likely N-dealkylation sites (tertiary alicyclic amines) is 1. The molecule has 1 saturated heterocycles. The van der Waals surface area contributed by atoms with E-state index in [1.807, 2.05) is 29.2 Å². The molecule has 7 nitrogen and oxygen atoms in total. The van der Waals surface area contributed by atoms with Gasteiger partial charge >= 0.3 is 6.09 Å². The Bertz CT molecular complexity index is 682. The molecule has 2 N–H and O–H groups in total. The molecule has 1 aromatic rings. The lowest BCUT2D eigenvalue weighted by Crippen LogP contribution is -2.33. The molecule has 0 aliphatic carbocycles. The van der Waals surface area contributed by atoms with E-state index in [4.69, 9.17) is 4.74 Å². The Labute approximate surface area is 160 Å². The van der Waals surface area contributed by atoms with Gasteiger partial charge < -0.3 is 20.3 Å². The van der Waals surface area contributed by atoms with E-state index in [1.54, 1.807) is 20.8 Å². The molecule has 0 atom stereocenters. The van der Waals surface area contributed by atoms with Crippen molar-refractivity contribution < 1.29 is 19.1 Å². The molecule has 3 amide bonds. The monoisotopic (exact) mass is 375 g/mol. The van der Waals surface area contributed by atoms with Gasteiger partial charge in [0.25, 0.3) is 0 Å². The lowest BCUT2D eigenvalue weighted by Gasteiger charge is -2.19. The van der Waals surface area contributed by atoms with Gasteiger partial charge in [-0.25, -0.2) is 4.79 Å². The van der Waals surface area contributed by atoms with Crippen molar-refractivity contribution in [3.63, 3.8) is 0 Å². The highest BCUT2D eigenvalue weighted by molar-refractivity contribution is 5.90. The predicted molar refractivity (Wildman–Crippen MR) is 103 cm³/mol. The Morgan fingerprint density at radius 3 is 2.70 bits per heavy atom. The number of ether oxygens (including phenoxy) is 1. The second-order valence-electron chi connectivity index (χ2n) is 7.70. The summed E-state index contributed by atoms with van der Waals surface area (Å²) in [5.74, 6) is 0.0670. The van der Waals surface area contributed by atoms with Crippen LogP contribution in [0.25, 0.3) is 0 Å². The number of carbonyl (C=O) groups is 3. The molecular weight excluding hydrogens is 346 g/mol. The number of amides is 3. The summed E-state index contributed by atoms with van der Waals surface area (Å²) in [4.78, 5) is 37.2. The Kier molecular flexibility index (Phi) is 7.21. The predicted octanol–water partition coefficient (Wildman–Crippen LogP) is 3.05. The summed E-state index contributed by atoms with van der Waals surface area (Å²) in [7, 11) is 0. The molecule has 0 aromatic heterocycles. The number of anilines is 1. The maximum Gasteiger partial charge on any atom is 0.407 e. The van der Waals surface area contributed by atoms with Gasteiger partial charge in [0.1, 0.15) is 5.60 Å². The molecule has 0 unspecified atom stereocenters. The second-order valence-corrected chi connectivity index (χ2v) is 7.70. The first-order valence-corrected chi connectivity index (χ1v) is 9.36. The van der Waals surface area contributed by atoms with Crippen LogP contribution in [0, 0.1) is 0 Å². The minimum absolute atomic E-state index is 0.115. The molecule has 1 heterocycles. The van der Waals surface area contributed by atoms with Crippen LogP contribution in [0.15, 0.2) is 24.3 Å². The lowest BCUT2D eigenvalue weighted by atomic mass is 10.2. The number of carbonyl (C=O) groups excluding carboxylic acids is 3. The van der Waals surface area contributed by atoms with Crippen LogP contribution in [-0.2, 0) is 20.9 Å². The number of hydrogen-bond acceptors (Lipinski definition) is 4. The van der Waals surface area contributed by atoms with E-state index < -0.39 is 11.7 Å². The van der Waals surface area contributed by atoms with Gasteiger partial charge in [0, 0.05) is 38.2 Å². The van der Waals surface area contributed by atoms with Crippen molar-refractivity contribution in [1.82, 2.24) is 10.2 Å². The summed E-state index contributed by atoms with van der Waals surface area (Å²) in [5, 5.41) is 5.49. The molecule has 2 rings (SSSR count). The van der Waals surface area contributed by atoms with Crippen molar-refractivity contribution >= 4 is 23.6 Å². The smallest absolute Gasteiger partial charge is 0.407 e. The van der Waals surface area contributed by atoms with E-state index >= 15 is 0 Å². The van der Waals surface area contributed by atoms with Crippen molar-refractivity contribution in [3.05, 3.63) is 29.8 Å². The van der Waals surface area contributed by atoms with Gasteiger partial charge in [-0.2, -0.15) is 0 Å². The first-order valence-electron chi connectivity index (χ1n) is 9.36. The van der Waals surface area contributed by atoms with Crippen LogP contribution in [0.4, 0.5) is 10.5 Å². The zero-order valence-electron chi connectivity index (χ0n) is 16.3. The van der Waals surface area contributed by atoms with Crippen LogP contribution in [-0.4, -0.2) is 41.5 Å². The van der Waals surface area contributed by atoms with E-state index in [-0.39, 0.29) is 11.8 Å². The molecule has 148 valence electrons. The SMILES string of the molecule is CC(C)(C)OC(=O)NCCCC(=O)Nc1cccc(CN2CCCC2=O)c1. The highest BCUT2D eigenvalue weighted by Gasteiger charge is 2.20. The fourth-order valence-electron chi connectivity index (χ4n) is 2.82. The minimum atomic E-state index is -0.536. The van der Waals surface area contributed by atoms with Gasteiger partial charge in [-0.05, 0) is 51.3 Å². The first kappa shape index (κ1) is 20.7. The fourth-order valence-corrected chi connectivity index (χ4v) is 2.82. The van der Waals surface area contributed by atoms with E-state index in [1.165, 1.54) is 0 Å². The zero-order valence-corrected chi connectivity index (χ0v) is 16.3. The summed E-state index contributed by atoms with van der Waals surface area (Å²) in [5.41, 5.74) is 1.17. The van der Waals surface area contributed by atoms with Crippen molar-refractivity contribution in [2.75, 3.05) is 18.4 Å². The molecule has 1 aliphatic heterocycles. The molecule has 0 bridgehead atoms. The van der Waals surface area contributed by atoms with Crippen LogP contribution >= 0.6 is 0 Å². The number of benzene rings is 1. The topological polar surface area (TPSA) is 87.7 Å². The van der Waals surface area contributed by atoms with Crippen molar-refractivity contribution in [2.24, 2.45) is 0 Å². The van der Waals surface area contributed by atoms with Gasteiger partial charge in [0.2, 0.25) is 11.8 Å². The lowest BCUT2D eigenvalue weighted by molar-refractivity contribution is -0.128. The Hall–Kier alpha value is -2.57. The molecule has 7 heteroatoms. The second kappa shape index (κ2) is 9.39. The van der Waals surface area contributed by atoms with Gasteiger partial charge in [-0.1, -0.05) is 12.1 Å². The minimum Gasteiger partial charge on any atom is -0.444 e. The first-order chi connectivity index (χ1) is 12.7. The molecule has 0 saturated carbocycles. The van der Waals surface area contributed by atoms with Gasteiger partial charge in [0.15, 0.2) is 0 Å². The van der Waals surface area contributed by atoms with Gasteiger partial charge in [-0.15, -0.1) is 0 Å². The summed E-state index contributed by atoms with van der Waals surface area (Å²) < 4.78 is 5.14. The molecule has 27 heavy (non-hydrogen) atoms. The maximum atomic E-state index is 12.1.